The Kier molecular flexibility index (Phi) is 3.99. The fourth-order valence-corrected chi connectivity index (χ4v) is 2.26. The van der Waals surface area contributed by atoms with Crippen molar-refractivity contribution in [2.24, 2.45) is 0 Å². The highest BCUT2D eigenvalue weighted by Gasteiger charge is 2.29. The predicted molar refractivity (Wildman–Crippen MR) is 78.3 cm³/mol. The molecule has 1 heterocycles. The third kappa shape index (κ3) is 3.40. The average Bonchev–Trinajstić information content (AvgIpc) is 2.79. The molecule has 0 saturated heterocycles. The van der Waals surface area contributed by atoms with Gasteiger partial charge in [-0.1, -0.05) is 0 Å². The second kappa shape index (κ2) is 5.57. The zero-order valence-electron chi connectivity index (χ0n) is 12.5. The van der Waals surface area contributed by atoms with Gasteiger partial charge in [-0.3, -0.25) is 9.69 Å². The predicted octanol–water partition coefficient (Wildman–Crippen LogP) is 3.08. The number of carbonyl (C=O) groups is 2. The summed E-state index contributed by atoms with van der Waals surface area (Å²) in [5, 5.41) is 8.57. The molecule has 0 spiro atoms. The molecular weight excluding hydrogens is 268 g/mol. The summed E-state index contributed by atoms with van der Waals surface area (Å²) < 4.78 is 5.37. The molecule has 110 valence electrons. The van der Waals surface area contributed by atoms with E-state index in [-0.39, 0.29) is 18.3 Å². The highest BCUT2D eigenvalue weighted by molar-refractivity contribution is 5.99. The van der Waals surface area contributed by atoms with Crippen molar-refractivity contribution in [3.63, 3.8) is 0 Å². The zero-order valence-corrected chi connectivity index (χ0v) is 12.5. The Labute approximate surface area is 124 Å². The largest absolute Gasteiger partial charge is 0.443 e. The molecular formula is C16H18N2O3. The molecule has 2 rings (SSSR count). The molecule has 5 nitrogen and oxygen atoms in total. The number of anilines is 1. The zero-order chi connectivity index (χ0) is 15.6. The number of hydrogen-bond acceptors (Lipinski definition) is 4. The van der Waals surface area contributed by atoms with E-state index >= 15 is 0 Å². The van der Waals surface area contributed by atoms with Crippen molar-refractivity contribution in [3.05, 3.63) is 29.3 Å². The quantitative estimate of drug-likeness (QED) is 0.783. The SMILES string of the molecule is CC(C)(C)OC(=O)N1CCc2cc(C(=O)CC#N)ccc21. The Balaban J connectivity index is 2.20. The number of fused-ring (bicyclic) bond motifs is 1. The minimum absolute atomic E-state index is 0.130. The van der Waals surface area contributed by atoms with E-state index in [9.17, 15) is 9.59 Å². The minimum Gasteiger partial charge on any atom is -0.443 e. The van der Waals surface area contributed by atoms with E-state index in [2.05, 4.69) is 0 Å². The van der Waals surface area contributed by atoms with Crippen molar-refractivity contribution in [2.75, 3.05) is 11.4 Å². The van der Waals surface area contributed by atoms with Crippen LogP contribution in [-0.2, 0) is 11.2 Å². The van der Waals surface area contributed by atoms with Gasteiger partial charge in [0.1, 0.15) is 5.60 Å². The van der Waals surface area contributed by atoms with E-state index in [0.717, 1.165) is 11.3 Å². The molecule has 21 heavy (non-hydrogen) atoms. The van der Waals surface area contributed by atoms with E-state index in [1.165, 1.54) is 0 Å². The van der Waals surface area contributed by atoms with E-state index < -0.39 is 5.60 Å². The van der Waals surface area contributed by atoms with Gasteiger partial charge in [-0.15, -0.1) is 0 Å². The number of nitrogens with zero attached hydrogens (tertiary/aromatic N) is 2. The fraction of sp³-hybridized carbons (Fsp3) is 0.438. The van der Waals surface area contributed by atoms with E-state index in [1.807, 2.05) is 26.8 Å². The van der Waals surface area contributed by atoms with Gasteiger partial charge in [0.15, 0.2) is 5.78 Å². The molecule has 0 atom stereocenters. The first-order chi connectivity index (χ1) is 9.81. The van der Waals surface area contributed by atoms with Crippen LogP contribution in [0.5, 0.6) is 0 Å². The number of rotatable bonds is 2. The Hall–Kier alpha value is -2.35. The van der Waals surface area contributed by atoms with E-state index in [1.54, 1.807) is 23.1 Å². The summed E-state index contributed by atoms with van der Waals surface area (Å²) in [6.07, 6.45) is 0.175. The number of ether oxygens (including phenoxy) is 1. The van der Waals surface area contributed by atoms with Crippen molar-refractivity contribution >= 4 is 17.6 Å². The maximum absolute atomic E-state index is 12.1. The Bertz CT molecular complexity index is 623. The Morgan fingerprint density at radius 2 is 2.10 bits per heavy atom. The van der Waals surface area contributed by atoms with Gasteiger partial charge in [-0.05, 0) is 51.0 Å². The molecule has 1 aromatic carbocycles. The topological polar surface area (TPSA) is 70.4 Å². The average molecular weight is 286 g/mol. The summed E-state index contributed by atoms with van der Waals surface area (Å²) in [4.78, 5) is 25.4. The Morgan fingerprint density at radius 1 is 1.38 bits per heavy atom. The molecule has 0 fully saturated rings. The van der Waals surface area contributed by atoms with Crippen LogP contribution in [0.3, 0.4) is 0 Å². The van der Waals surface area contributed by atoms with Crippen LogP contribution in [0.25, 0.3) is 0 Å². The summed E-state index contributed by atoms with van der Waals surface area (Å²) in [6, 6.07) is 7.02. The van der Waals surface area contributed by atoms with Crippen LogP contribution in [0, 0.1) is 11.3 Å². The lowest BCUT2D eigenvalue weighted by Crippen LogP contribution is -2.35. The van der Waals surface area contributed by atoms with Crippen LogP contribution >= 0.6 is 0 Å². The van der Waals surface area contributed by atoms with Crippen molar-refractivity contribution < 1.29 is 14.3 Å². The fourth-order valence-electron chi connectivity index (χ4n) is 2.26. The monoisotopic (exact) mass is 286 g/mol. The first kappa shape index (κ1) is 15.0. The summed E-state index contributed by atoms with van der Waals surface area (Å²) in [5.74, 6) is -0.198. The van der Waals surface area contributed by atoms with Crippen LogP contribution in [0.15, 0.2) is 18.2 Å². The Morgan fingerprint density at radius 3 is 2.71 bits per heavy atom. The first-order valence-electron chi connectivity index (χ1n) is 6.85. The highest BCUT2D eigenvalue weighted by Crippen LogP contribution is 2.30. The van der Waals surface area contributed by atoms with Crippen LogP contribution in [0.1, 0.15) is 43.1 Å². The van der Waals surface area contributed by atoms with Crippen LogP contribution in [0.2, 0.25) is 0 Å². The molecule has 0 bridgehead atoms. The minimum atomic E-state index is -0.539. The van der Waals surface area contributed by atoms with Gasteiger partial charge in [0.25, 0.3) is 0 Å². The molecule has 0 unspecified atom stereocenters. The summed E-state index contributed by atoms with van der Waals surface area (Å²) in [5.41, 5.74) is 1.69. The van der Waals surface area contributed by atoms with Gasteiger partial charge in [-0.2, -0.15) is 5.26 Å². The van der Waals surface area contributed by atoms with Gasteiger partial charge < -0.3 is 4.74 Å². The number of ketones is 1. The lowest BCUT2D eigenvalue weighted by atomic mass is 10.0. The maximum atomic E-state index is 12.1. The normalized spacial score (nSPS) is 13.5. The van der Waals surface area contributed by atoms with Gasteiger partial charge in [-0.25, -0.2) is 4.79 Å². The molecule has 0 N–H and O–H groups in total. The molecule has 1 amide bonds. The van der Waals surface area contributed by atoms with E-state index in [0.29, 0.717) is 18.5 Å². The number of carbonyl (C=O) groups excluding carboxylic acids is 2. The molecule has 0 aliphatic carbocycles. The molecule has 0 radical (unpaired) electrons. The number of benzene rings is 1. The van der Waals surface area contributed by atoms with Crippen LogP contribution in [0.4, 0.5) is 10.5 Å². The molecule has 0 saturated carbocycles. The molecule has 0 aromatic heterocycles. The molecule has 1 aromatic rings. The second-order valence-corrected chi connectivity index (χ2v) is 5.98. The second-order valence-electron chi connectivity index (χ2n) is 5.98. The van der Waals surface area contributed by atoms with Crippen molar-refractivity contribution in [3.8, 4) is 6.07 Å². The molecule has 1 aliphatic heterocycles. The van der Waals surface area contributed by atoms with Crippen LogP contribution in [-0.4, -0.2) is 24.0 Å². The number of amides is 1. The first-order valence-corrected chi connectivity index (χ1v) is 6.85. The molecule has 5 heteroatoms. The van der Waals surface area contributed by atoms with Gasteiger partial charge in [0.2, 0.25) is 0 Å². The van der Waals surface area contributed by atoms with Gasteiger partial charge in [0, 0.05) is 12.1 Å². The molecule has 1 aliphatic rings. The van der Waals surface area contributed by atoms with Crippen molar-refractivity contribution in [1.82, 2.24) is 0 Å². The number of hydrogen-bond donors (Lipinski definition) is 0. The number of nitriles is 1. The lowest BCUT2D eigenvalue weighted by Gasteiger charge is -2.24. The standard InChI is InChI=1S/C16H18N2O3/c1-16(2,3)21-15(20)18-9-7-11-10-12(4-5-13(11)18)14(19)6-8-17/h4-5,10H,6-7,9H2,1-3H3. The smallest absolute Gasteiger partial charge is 0.414 e. The highest BCUT2D eigenvalue weighted by atomic mass is 16.6. The maximum Gasteiger partial charge on any atom is 0.414 e. The summed E-state index contributed by atoms with van der Waals surface area (Å²) in [6.45, 7) is 6.02. The van der Waals surface area contributed by atoms with Gasteiger partial charge in [0.05, 0.1) is 18.2 Å². The van der Waals surface area contributed by atoms with Crippen molar-refractivity contribution in [1.29, 1.82) is 5.26 Å². The summed E-state index contributed by atoms with van der Waals surface area (Å²) >= 11 is 0. The van der Waals surface area contributed by atoms with Gasteiger partial charge >= 0.3 is 6.09 Å². The van der Waals surface area contributed by atoms with Crippen molar-refractivity contribution in [2.45, 2.75) is 39.2 Å². The third-order valence-corrected chi connectivity index (χ3v) is 3.15. The van der Waals surface area contributed by atoms with Crippen LogP contribution < -0.4 is 4.90 Å². The van der Waals surface area contributed by atoms with E-state index in [4.69, 9.17) is 10.00 Å². The lowest BCUT2D eigenvalue weighted by molar-refractivity contribution is 0.0584. The third-order valence-electron chi connectivity index (χ3n) is 3.15. The summed E-state index contributed by atoms with van der Waals surface area (Å²) in [7, 11) is 0. The number of Topliss-reactive ketones (excluding diaryl/α,β-unsaturated/α-hetero) is 1.